The van der Waals surface area contributed by atoms with Gasteiger partial charge in [-0.15, -0.1) is 0 Å². The number of carboxylic acid groups (broad SMARTS) is 2. The maximum atomic E-state index is 10.4. The van der Waals surface area contributed by atoms with E-state index in [9.17, 15) is 9.59 Å². The monoisotopic (exact) mass is 203 g/mol. The molecule has 0 spiro atoms. The topological polar surface area (TPSA) is 101 Å². The molecular formula is C7H9NO4S. The second kappa shape index (κ2) is 5.42. The minimum atomic E-state index is -1.25. The lowest BCUT2D eigenvalue weighted by molar-refractivity contribution is -0.139. The highest BCUT2D eigenvalue weighted by molar-refractivity contribution is 7.78. The van der Waals surface area contributed by atoms with Gasteiger partial charge in [-0.05, 0) is 23.7 Å². The van der Waals surface area contributed by atoms with E-state index in [2.05, 4.69) is 17.2 Å². The van der Waals surface area contributed by atoms with E-state index >= 15 is 0 Å². The number of hydrogen-bond donors (Lipinski definition) is 3. The Morgan fingerprint density at radius 1 is 1.38 bits per heavy atom. The molecule has 1 atom stereocenters. The molecule has 5 nitrogen and oxygen atoms in total. The average Bonchev–Trinajstić information content (AvgIpc) is 2.04. The van der Waals surface area contributed by atoms with Gasteiger partial charge in [0, 0.05) is 12.0 Å². The maximum absolute atomic E-state index is 10.4. The van der Waals surface area contributed by atoms with Crippen molar-refractivity contribution in [3.63, 3.8) is 0 Å². The third kappa shape index (κ3) is 4.37. The van der Waals surface area contributed by atoms with Crippen LogP contribution in [0.2, 0.25) is 0 Å². The first-order valence-corrected chi connectivity index (χ1v) is 3.84. The van der Waals surface area contributed by atoms with Crippen LogP contribution in [0.25, 0.3) is 0 Å². The fourth-order valence-electron chi connectivity index (χ4n) is 0.661. The summed E-state index contributed by atoms with van der Waals surface area (Å²) in [6.07, 6.45) is -0.174. The number of rotatable bonds is 5. The molecule has 0 radical (unpaired) electrons. The van der Waals surface area contributed by atoms with Crippen LogP contribution in [0.4, 0.5) is 0 Å². The molecule has 0 rings (SSSR count). The number of nitrogens with two attached hydrogens (primary N) is 1. The lowest BCUT2D eigenvalue weighted by atomic mass is 10.1. The fraction of sp³-hybridized carbons (Fsp3) is 0.429. The van der Waals surface area contributed by atoms with Gasteiger partial charge in [0.2, 0.25) is 0 Å². The van der Waals surface area contributed by atoms with Crippen LogP contribution in [0.15, 0.2) is 5.57 Å². The Morgan fingerprint density at radius 2 is 1.92 bits per heavy atom. The Kier molecular flexibility index (Phi) is 4.91. The van der Waals surface area contributed by atoms with Gasteiger partial charge in [-0.1, -0.05) is 0 Å². The molecule has 0 aromatic rings. The molecule has 13 heavy (non-hydrogen) atoms. The summed E-state index contributed by atoms with van der Waals surface area (Å²) in [6, 6.07) is -1.25. The van der Waals surface area contributed by atoms with Crippen molar-refractivity contribution >= 4 is 29.2 Å². The molecular weight excluding hydrogens is 194 g/mol. The summed E-state index contributed by atoms with van der Waals surface area (Å²) in [6.45, 7) is 0. The van der Waals surface area contributed by atoms with Gasteiger partial charge in [-0.2, -0.15) is 0 Å². The second-order valence-electron chi connectivity index (χ2n) is 2.34. The Hall–Kier alpha value is -1.23. The van der Waals surface area contributed by atoms with Gasteiger partial charge in [0.15, 0.2) is 0 Å². The highest BCUT2D eigenvalue weighted by Gasteiger charge is 2.17. The molecule has 0 unspecified atom stereocenters. The van der Waals surface area contributed by atoms with Crippen molar-refractivity contribution < 1.29 is 19.8 Å². The van der Waals surface area contributed by atoms with E-state index in [1.807, 2.05) is 0 Å². The van der Waals surface area contributed by atoms with E-state index in [4.69, 9.17) is 15.9 Å². The first kappa shape index (κ1) is 11.8. The lowest BCUT2D eigenvalue weighted by Crippen LogP contribution is -2.32. The predicted octanol–water partition coefficient (Wildman–Crippen LogP) is -0.212. The minimum Gasteiger partial charge on any atom is -0.481 e. The smallest absolute Gasteiger partial charge is 0.325 e. The van der Waals surface area contributed by atoms with Gasteiger partial charge in [0.1, 0.15) is 6.04 Å². The molecule has 0 aliphatic heterocycles. The zero-order valence-corrected chi connectivity index (χ0v) is 7.50. The summed E-state index contributed by atoms with van der Waals surface area (Å²) in [4.78, 5) is 20.5. The van der Waals surface area contributed by atoms with Crippen LogP contribution in [0.1, 0.15) is 12.8 Å². The molecule has 6 heteroatoms. The molecule has 72 valence electrons. The summed E-state index contributed by atoms with van der Waals surface area (Å²) < 4.78 is 0. The molecule has 0 aliphatic carbocycles. The summed E-state index contributed by atoms with van der Waals surface area (Å²) in [7, 11) is 0. The summed E-state index contributed by atoms with van der Waals surface area (Å²) in [5.41, 5.74) is 5.33. The highest BCUT2D eigenvalue weighted by Crippen LogP contribution is 2.05. The zero-order chi connectivity index (χ0) is 10.4. The van der Waals surface area contributed by atoms with Gasteiger partial charge in [-0.3, -0.25) is 9.59 Å². The molecule has 4 N–H and O–H groups in total. The minimum absolute atomic E-state index is 0.0201. The van der Waals surface area contributed by atoms with Crippen LogP contribution in [0, 0.1) is 0 Å². The number of thiocarbonyl (C=S) groups is 1. The lowest BCUT2D eigenvalue weighted by Gasteiger charge is -2.06. The number of carboxylic acids is 2. The van der Waals surface area contributed by atoms with Crippen LogP contribution < -0.4 is 5.73 Å². The largest absolute Gasteiger partial charge is 0.481 e. The SMILES string of the molecule is N[C@H](C(=O)O)C(=C=S)CCC(=O)O. The third-order valence-electron chi connectivity index (χ3n) is 1.38. The van der Waals surface area contributed by atoms with Crippen LogP contribution in [-0.4, -0.2) is 33.2 Å². The third-order valence-corrected chi connectivity index (χ3v) is 1.64. The fourth-order valence-corrected chi connectivity index (χ4v) is 0.890. The Morgan fingerprint density at radius 3 is 2.23 bits per heavy atom. The molecule has 0 saturated heterocycles. The van der Waals surface area contributed by atoms with Gasteiger partial charge < -0.3 is 15.9 Å². The first-order chi connectivity index (χ1) is 5.99. The summed E-state index contributed by atoms with van der Waals surface area (Å²) >= 11 is 4.40. The van der Waals surface area contributed by atoms with Crippen molar-refractivity contribution in [1.82, 2.24) is 0 Å². The molecule has 0 saturated carbocycles. The molecule has 0 bridgehead atoms. The highest BCUT2D eigenvalue weighted by atomic mass is 32.1. The normalized spacial score (nSPS) is 11.5. The van der Waals surface area contributed by atoms with Crippen molar-refractivity contribution in [1.29, 1.82) is 0 Å². The van der Waals surface area contributed by atoms with E-state index in [0.29, 0.717) is 0 Å². The zero-order valence-electron chi connectivity index (χ0n) is 6.69. The summed E-state index contributed by atoms with van der Waals surface area (Å²) in [5, 5.41) is 19.0. The van der Waals surface area contributed by atoms with Crippen molar-refractivity contribution in [2.45, 2.75) is 18.9 Å². The standard InChI is InChI=1S/C7H9NO4S/c8-6(7(11)12)4(3-13)1-2-5(9)10/h6H,1-2,8H2,(H,9,10)(H,11,12)/t6-/m0/s1. The van der Waals surface area contributed by atoms with Gasteiger partial charge in [0.25, 0.3) is 0 Å². The van der Waals surface area contributed by atoms with Crippen molar-refractivity contribution in [2.24, 2.45) is 5.73 Å². The van der Waals surface area contributed by atoms with Crippen LogP contribution in [-0.2, 0) is 9.59 Å². The Bertz CT molecular complexity index is 270. The van der Waals surface area contributed by atoms with E-state index in [1.54, 1.807) is 0 Å². The van der Waals surface area contributed by atoms with Crippen molar-refractivity contribution in [2.75, 3.05) is 0 Å². The predicted molar refractivity (Wildman–Crippen MR) is 48.6 cm³/mol. The first-order valence-electron chi connectivity index (χ1n) is 3.43. The number of carbonyl (C=O) groups is 2. The Balaban J connectivity index is 4.29. The van der Waals surface area contributed by atoms with E-state index < -0.39 is 18.0 Å². The van der Waals surface area contributed by atoms with Gasteiger partial charge in [0.05, 0.1) is 0 Å². The molecule has 0 aromatic heterocycles. The van der Waals surface area contributed by atoms with E-state index in [-0.39, 0.29) is 18.4 Å². The summed E-state index contributed by atoms with van der Waals surface area (Å²) in [5.74, 6) is -2.27. The molecule has 0 heterocycles. The molecule has 0 amide bonds. The van der Waals surface area contributed by atoms with Crippen LogP contribution in [0.5, 0.6) is 0 Å². The second-order valence-corrected chi connectivity index (χ2v) is 2.54. The van der Waals surface area contributed by atoms with Crippen molar-refractivity contribution in [3.05, 3.63) is 5.57 Å². The molecule has 0 fully saturated rings. The van der Waals surface area contributed by atoms with Gasteiger partial charge >= 0.3 is 11.9 Å². The average molecular weight is 203 g/mol. The van der Waals surface area contributed by atoms with E-state index in [0.717, 1.165) is 0 Å². The maximum Gasteiger partial charge on any atom is 0.325 e. The van der Waals surface area contributed by atoms with Gasteiger partial charge in [-0.25, -0.2) is 0 Å². The van der Waals surface area contributed by atoms with Crippen LogP contribution >= 0.6 is 12.2 Å². The molecule has 0 aliphatic rings. The Labute approximate surface area is 79.8 Å². The number of hydrogen-bond acceptors (Lipinski definition) is 4. The van der Waals surface area contributed by atoms with Crippen molar-refractivity contribution in [3.8, 4) is 0 Å². The van der Waals surface area contributed by atoms with E-state index in [1.165, 1.54) is 0 Å². The molecule has 0 aromatic carbocycles. The number of aliphatic carboxylic acids is 2. The quantitative estimate of drug-likeness (QED) is 0.534. The van der Waals surface area contributed by atoms with Crippen LogP contribution in [0.3, 0.4) is 0 Å².